The molecule has 0 bridgehead atoms. The van der Waals surface area contributed by atoms with Gasteiger partial charge in [-0.05, 0) is 67.8 Å². The molecule has 0 atom stereocenters. The summed E-state index contributed by atoms with van der Waals surface area (Å²) >= 11 is 6.02. The van der Waals surface area contributed by atoms with Crippen LogP contribution in [0, 0.1) is 20.8 Å². The number of ether oxygens (including phenoxy) is 1. The number of rotatable bonds is 4. The second kappa shape index (κ2) is 7.84. The molecule has 4 rings (SSSR count). The predicted octanol–water partition coefficient (Wildman–Crippen LogP) is 5.66. The number of aromatic nitrogens is 2. The first-order valence-corrected chi connectivity index (χ1v) is 9.96. The number of imidazole rings is 1. The summed E-state index contributed by atoms with van der Waals surface area (Å²) in [6.07, 6.45) is 0.382. The first-order valence-electron chi connectivity index (χ1n) is 9.58. The summed E-state index contributed by atoms with van der Waals surface area (Å²) in [6, 6.07) is 14.4. The van der Waals surface area contributed by atoms with Crippen molar-refractivity contribution in [3.63, 3.8) is 0 Å². The maximum atomic E-state index is 12.8. The molecule has 0 aliphatic carbocycles. The molecule has 0 aliphatic rings. The van der Waals surface area contributed by atoms with Crippen LogP contribution in [0.15, 0.2) is 48.5 Å². The van der Waals surface area contributed by atoms with E-state index >= 15 is 0 Å². The van der Waals surface area contributed by atoms with Gasteiger partial charge in [-0.25, -0.2) is 9.78 Å². The number of para-hydroxylation sites is 2. The molecule has 152 valence electrons. The van der Waals surface area contributed by atoms with Crippen molar-refractivity contribution >= 4 is 28.6 Å². The van der Waals surface area contributed by atoms with Gasteiger partial charge in [-0.3, -0.25) is 0 Å². The van der Waals surface area contributed by atoms with Crippen molar-refractivity contribution in [2.45, 2.75) is 27.2 Å². The van der Waals surface area contributed by atoms with Crippen LogP contribution in [0.1, 0.15) is 38.4 Å². The summed E-state index contributed by atoms with van der Waals surface area (Å²) in [6.45, 7) is 5.45. The maximum Gasteiger partial charge on any atom is 0.343 e. The van der Waals surface area contributed by atoms with Crippen LogP contribution in [0.4, 0.5) is 0 Å². The molecule has 1 aromatic heterocycles. The van der Waals surface area contributed by atoms with Crippen molar-refractivity contribution in [3.8, 4) is 11.5 Å². The summed E-state index contributed by atoms with van der Waals surface area (Å²) in [5.41, 5.74) is 4.90. The highest BCUT2D eigenvalue weighted by molar-refractivity contribution is 6.30. The highest BCUT2D eigenvalue weighted by Gasteiger charge is 2.22. The summed E-state index contributed by atoms with van der Waals surface area (Å²) in [5.74, 6) is 0.854. The molecule has 6 heteroatoms. The number of fused-ring (bicyclic) bond motifs is 1. The Morgan fingerprint density at radius 2 is 1.83 bits per heavy atom. The van der Waals surface area contributed by atoms with Gasteiger partial charge < -0.3 is 14.8 Å². The molecule has 0 unspecified atom stereocenters. The number of carbonyl (C=O) groups is 1. The maximum absolute atomic E-state index is 12.8. The zero-order valence-corrected chi connectivity index (χ0v) is 17.7. The van der Waals surface area contributed by atoms with E-state index < -0.39 is 5.97 Å². The molecule has 0 spiro atoms. The largest absolute Gasteiger partial charge is 0.507 e. The van der Waals surface area contributed by atoms with Gasteiger partial charge in [-0.2, -0.15) is 0 Å². The van der Waals surface area contributed by atoms with Gasteiger partial charge in [-0.1, -0.05) is 29.8 Å². The monoisotopic (exact) mass is 420 g/mol. The van der Waals surface area contributed by atoms with Crippen LogP contribution in [0.25, 0.3) is 11.0 Å². The van der Waals surface area contributed by atoms with Crippen LogP contribution in [0.5, 0.6) is 11.5 Å². The van der Waals surface area contributed by atoms with E-state index in [0.29, 0.717) is 45.0 Å². The molecule has 0 fully saturated rings. The highest BCUT2D eigenvalue weighted by Crippen LogP contribution is 2.38. The lowest BCUT2D eigenvalue weighted by Crippen LogP contribution is -2.13. The standard InChI is InChI=1S/C24H21ClN2O3/c1-13-14(2)23(30-24(29)16-7-6-8-17(25)11-16)18(15(3)22(13)28)12-21-26-19-9-4-5-10-20(19)27-21/h4-11,28H,12H2,1-3H3,(H,26,27). The van der Waals surface area contributed by atoms with Gasteiger partial charge in [0.25, 0.3) is 0 Å². The van der Waals surface area contributed by atoms with Crippen LogP contribution in [-0.2, 0) is 6.42 Å². The topological polar surface area (TPSA) is 75.2 Å². The molecular weight excluding hydrogens is 400 g/mol. The number of hydrogen-bond acceptors (Lipinski definition) is 4. The second-order valence-electron chi connectivity index (χ2n) is 7.31. The number of carbonyl (C=O) groups excluding carboxylic acids is 1. The number of phenols is 1. The molecule has 0 amide bonds. The SMILES string of the molecule is Cc1c(C)c(OC(=O)c2cccc(Cl)c2)c(Cc2nc3ccccc3[nH]2)c(C)c1O. The quantitative estimate of drug-likeness (QED) is 0.330. The zero-order chi connectivity index (χ0) is 21.4. The van der Waals surface area contributed by atoms with Crippen LogP contribution in [0.2, 0.25) is 5.02 Å². The number of H-pyrrole nitrogens is 1. The minimum atomic E-state index is -0.504. The van der Waals surface area contributed by atoms with Gasteiger partial charge in [0.05, 0.1) is 16.6 Å². The average Bonchev–Trinajstić information content (AvgIpc) is 3.15. The third-order valence-corrected chi connectivity index (χ3v) is 5.61. The number of nitrogens with one attached hydrogen (secondary N) is 1. The summed E-state index contributed by atoms with van der Waals surface area (Å²) in [5, 5.41) is 11.1. The fourth-order valence-electron chi connectivity index (χ4n) is 3.54. The zero-order valence-electron chi connectivity index (χ0n) is 16.9. The van der Waals surface area contributed by atoms with E-state index in [-0.39, 0.29) is 5.75 Å². The lowest BCUT2D eigenvalue weighted by atomic mass is 9.95. The normalized spacial score (nSPS) is 11.1. The molecular formula is C24H21ClN2O3. The minimum absolute atomic E-state index is 0.196. The summed E-state index contributed by atoms with van der Waals surface area (Å²) in [4.78, 5) is 20.7. The predicted molar refractivity (Wildman–Crippen MR) is 118 cm³/mol. The molecule has 30 heavy (non-hydrogen) atoms. The van der Waals surface area contributed by atoms with E-state index in [2.05, 4.69) is 9.97 Å². The van der Waals surface area contributed by atoms with Crippen LogP contribution < -0.4 is 4.74 Å². The molecule has 1 heterocycles. The summed E-state index contributed by atoms with van der Waals surface area (Å²) in [7, 11) is 0. The fraction of sp³-hybridized carbons (Fsp3) is 0.167. The third-order valence-electron chi connectivity index (χ3n) is 5.38. The van der Waals surface area contributed by atoms with Crippen molar-refractivity contribution in [3.05, 3.63) is 87.2 Å². The Bertz CT molecular complexity index is 1240. The van der Waals surface area contributed by atoms with Crippen LogP contribution in [0.3, 0.4) is 0 Å². The fourth-order valence-corrected chi connectivity index (χ4v) is 3.73. The number of halogens is 1. The molecule has 3 aromatic carbocycles. The first-order chi connectivity index (χ1) is 14.3. The third kappa shape index (κ3) is 3.64. The molecule has 5 nitrogen and oxygen atoms in total. The van der Waals surface area contributed by atoms with E-state index in [1.54, 1.807) is 31.2 Å². The first kappa shape index (κ1) is 20.0. The highest BCUT2D eigenvalue weighted by atomic mass is 35.5. The molecule has 0 radical (unpaired) electrons. The molecule has 2 N–H and O–H groups in total. The van der Waals surface area contributed by atoms with E-state index in [9.17, 15) is 9.90 Å². The minimum Gasteiger partial charge on any atom is -0.507 e. The van der Waals surface area contributed by atoms with E-state index in [1.807, 2.05) is 38.1 Å². The number of aromatic amines is 1. The van der Waals surface area contributed by atoms with Crippen molar-refractivity contribution in [1.82, 2.24) is 9.97 Å². The van der Waals surface area contributed by atoms with Gasteiger partial charge >= 0.3 is 5.97 Å². The van der Waals surface area contributed by atoms with Gasteiger partial charge in [0, 0.05) is 17.0 Å². The van der Waals surface area contributed by atoms with Gasteiger partial charge in [-0.15, -0.1) is 0 Å². The van der Waals surface area contributed by atoms with Gasteiger partial charge in [0.15, 0.2) is 0 Å². The lowest BCUT2D eigenvalue weighted by molar-refractivity contribution is 0.0731. The van der Waals surface area contributed by atoms with E-state index in [4.69, 9.17) is 16.3 Å². The molecule has 0 saturated heterocycles. The van der Waals surface area contributed by atoms with Crippen LogP contribution in [-0.4, -0.2) is 21.0 Å². The second-order valence-corrected chi connectivity index (χ2v) is 7.75. The number of phenolic OH excluding ortho intramolecular Hbond substituents is 1. The Labute approximate surface area is 179 Å². The average molecular weight is 421 g/mol. The Kier molecular flexibility index (Phi) is 5.22. The van der Waals surface area contributed by atoms with Crippen molar-refractivity contribution in [1.29, 1.82) is 0 Å². The molecule has 0 aliphatic heterocycles. The van der Waals surface area contributed by atoms with E-state index in [0.717, 1.165) is 16.9 Å². The van der Waals surface area contributed by atoms with Crippen molar-refractivity contribution in [2.75, 3.05) is 0 Å². The van der Waals surface area contributed by atoms with Crippen molar-refractivity contribution < 1.29 is 14.6 Å². The van der Waals surface area contributed by atoms with Gasteiger partial charge in [0.1, 0.15) is 17.3 Å². The van der Waals surface area contributed by atoms with Gasteiger partial charge in [0.2, 0.25) is 0 Å². The van der Waals surface area contributed by atoms with Crippen LogP contribution >= 0.6 is 11.6 Å². The summed E-state index contributed by atoms with van der Waals surface area (Å²) < 4.78 is 5.83. The molecule has 0 saturated carbocycles. The Hall–Kier alpha value is -3.31. The number of esters is 1. The Morgan fingerprint density at radius 3 is 2.57 bits per heavy atom. The Morgan fingerprint density at radius 1 is 1.07 bits per heavy atom. The number of benzene rings is 3. The number of nitrogens with zero attached hydrogens (tertiary/aromatic N) is 1. The van der Waals surface area contributed by atoms with E-state index in [1.165, 1.54) is 0 Å². The Balaban J connectivity index is 1.78. The lowest BCUT2D eigenvalue weighted by Gasteiger charge is -2.19. The molecule has 4 aromatic rings. The number of aromatic hydroxyl groups is 1. The number of hydrogen-bond donors (Lipinski definition) is 2. The smallest absolute Gasteiger partial charge is 0.343 e. The van der Waals surface area contributed by atoms with Crippen molar-refractivity contribution in [2.24, 2.45) is 0 Å².